The molecule has 10 heteroatoms. The third-order valence-corrected chi connectivity index (χ3v) is 5.77. The lowest BCUT2D eigenvalue weighted by Gasteiger charge is -2.22. The van der Waals surface area contributed by atoms with Crippen molar-refractivity contribution in [2.45, 2.75) is 31.9 Å². The predicted octanol–water partition coefficient (Wildman–Crippen LogP) is 1.23. The van der Waals surface area contributed by atoms with Crippen molar-refractivity contribution < 1.29 is 34.1 Å². The topological polar surface area (TPSA) is 154 Å². The van der Waals surface area contributed by atoms with Gasteiger partial charge in [0.25, 0.3) is 0 Å². The van der Waals surface area contributed by atoms with Gasteiger partial charge in [-0.1, -0.05) is 62.4 Å². The summed E-state index contributed by atoms with van der Waals surface area (Å²) in [7, 11) is 0. The summed E-state index contributed by atoms with van der Waals surface area (Å²) in [6.45, 7) is 2.63. The molecule has 186 valence electrons. The monoisotopic (exact) mass is 483 g/mol. The predicted molar refractivity (Wildman–Crippen MR) is 126 cm³/mol. The fourth-order valence-corrected chi connectivity index (χ4v) is 3.94. The van der Waals surface area contributed by atoms with Gasteiger partial charge in [-0.2, -0.15) is 0 Å². The number of aliphatic hydroxyl groups excluding tert-OH is 1. The van der Waals surface area contributed by atoms with Gasteiger partial charge in [0, 0.05) is 5.92 Å². The molecule has 0 aliphatic heterocycles. The number of hydrogen-bond acceptors (Lipinski definition) is 6. The molecule has 0 aromatic heterocycles. The van der Waals surface area contributed by atoms with Gasteiger partial charge in [0.1, 0.15) is 12.6 Å². The SMILES string of the molecule is CC(C)[C@H](NC(=O)OCC1c2ccccc2-c2ccccc21)C(=O)NCC(=O)NCC(O)C(=O)O. The molecule has 1 unspecified atom stereocenters. The number of carbonyl (C=O) groups is 4. The van der Waals surface area contributed by atoms with Gasteiger partial charge in [-0.3, -0.25) is 9.59 Å². The average Bonchev–Trinajstić information content (AvgIpc) is 3.16. The Bertz CT molecular complexity index is 1060. The molecule has 0 fully saturated rings. The third kappa shape index (κ3) is 6.36. The first-order valence-corrected chi connectivity index (χ1v) is 11.3. The summed E-state index contributed by atoms with van der Waals surface area (Å²) in [4.78, 5) is 47.5. The summed E-state index contributed by atoms with van der Waals surface area (Å²) < 4.78 is 5.49. The molecule has 5 N–H and O–H groups in total. The molecule has 2 aromatic rings. The van der Waals surface area contributed by atoms with Gasteiger partial charge in [-0.05, 0) is 28.2 Å². The first kappa shape index (κ1) is 25.7. The number of nitrogens with one attached hydrogen (secondary N) is 3. The van der Waals surface area contributed by atoms with Crippen LogP contribution in [0, 0.1) is 5.92 Å². The van der Waals surface area contributed by atoms with E-state index in [0.29, 0.717) is 0 Å². The highest BCUT2D eigenvalue weighted by atomic mass is 16.5. The largest absolute Gasteiger partial charge is 0.479 e. The minimum absolute atomic E-state index is 0.0978. The van der Waals surface area contributed by atoms with E-state index in [0.717, 1.165) is 22.3 Å². The zero-order chi connectivity index (χ0) is 25.5. The maximum absolute atomic E-state index is 12.6. The van der Waals surface area contributed by atoms with E-state index < -0.39 is 49.1 Å². The van der Waals surface area contributed by atoms with Crippen LogP contribution in [-0.2, 0) is 19.1 Å². The summed E-state index contributed by atoms with van der Waals surface area (Å²) in [5.74, 6) is -3.16. The van der Waals surface area contributed by atoms with Crippen molar-refractivity contribution in [3.63, 3.8) is 0 Å². The number of carbonyl (C=O) groups excluding carboxylic acids is 3. The fourth-order valence-electron chi connectivity index (χ4n) is 3.94. The lowest BCUT2D eigenvalue weighted by Crippen LogP contribution is -2.52. The van der Waals surface area contributed by atoms with Crippen molar-refractivity contribution in [3.8, 4) is 11.1 Å². The van der Waals surface area contributed by atoms with Crippen LogP contribution in [0.15, 0.2) is 48.5 Å². The molecule has 3 amide bonds. The Balaban J connectivity index is 1.53. The number of alkyl carbamates (subject to hydrolysis) is 1. The third-order valence-electron chi connectivity index (χ3n) is 5.77. The van der Waals surface area contributed by atoms with E-state index in [9.17, 15) is 24.3 Å². The zero-order valence-electron chi connectivity index (χ0n) is 19.5. The Morgan fingerprint density at radius 1 is 0.943 bits per heavy atom. The Morgan fingerprint density at radius 3 is 2.06 bits per heavy atom. The molecule has 0 saturated carbocycles. The van der Waals surface area contributed by atoms with E-state index in [4.69, 9.17) is 9.84 Å². The summed E-state index contributed by atoms with van der Waals surface area (Å²) in [6, 6.07) is 14.9. The number of fused-ring (bicyclic) bond motifs is 3. The number of aliphatic carboxylic acids is 1. The maximum atomic E-state index is 12.6. The van der Waals surface area contributed by atoms with Crippen LogP contribution in [0.4, 0.5) is 4.79 Å². The Labute approximate surface area is 202 Å². The van der Waals surface area contributed by atoms with Crippen molar-refractivity contribution >= 4 is 23.9 Å². The van der Waals surface area contributed by atoms with Gasteiger partial charge in [0.05, 0.1) is 13.1 Å². The minimum Gasteiger partial charge on any atom is -0.479 e. The molecule has 3 rings (SSSR count). The number of carboxylic acids is 1. The molecule has 0 radical (unpaired) electrons. The van der Waals surface area contributed by atoms with Gasteiger partial charge in [0.2, 0.25) is 11.8 Å². The Kier molecular flexibility index (Phi) is 8.43. The van der Waals surface area contributed by atoms with Crippen LogP contribution in [0.25, 0.3) is 11.1 Å². The first-order chi connectivity index (χ1) is 16.7. The van der Waals surface area contributed by atoms with Crippen molar-refractivity contribution in [2.24, 2.45) is 5.92 Å². The van der Waals surface area contributed by atoms with Crippen molar-refractivity contribution in [2.75, 3.05) is 19.7 Å². The van der Waals surface area contributed by atoms with Crippen LogP contribution < -0.4 is 16.0 Å². The van der Waals surface area contributed by atoms with E-state index in [2.05, 4.69) is 16.0 Å². The van der Waals surface area contributed by atoms with Gasteiger partial charge in [-0.25, -0.2) is 9.59 Å². The number of hydrogen-bond donors (Lipinski definition) is 5. The van der Waals surface area contributed by atoms with E-state index in [1.54, 1.807) is 13.8 Å². The van der Waals surface area contributed by atoms with Crippen LogP contribution >= 0.6 is 0 Å². The van der Waals surface area contributed by atoms with E-state index >= 15 is 0 Å². The molecular formula is C25H29N3O7. The highest BCUT2D eigenvalue weighted by Gasteiger charge is 2.30. The minimum atomic E-state index is -1.74. The lowest BCUT2D eigenvalue weighted by atomic mass is 9.98. The number of rotatable bonds is 10. The molecular weight excluding hydrogens is 454 g/mol. The second-order valence-corrected chi connectivity index (χ2v) is 8.57. The van der Waals surface area contributed by atoms with Crippen LogP contribution in [0.2, 0.25) is 0 Å². The summed E-state index contributed by atoms with van der Waals surface area (Å²) in [5.41, 5.74) is 4.34. The normalized spacial score (nSPS) is 13.8. The van der Waals surface area contributed by atoms with E-state index in [1.165, 1.54) is 0 Å². The number of benzene rings is 2. The molecule has 0 heterocycles. The van der Waals surface area contributed by atoms with Crippen molar-refractivity contribution in [3.05, 3.63) is 59.7 Å². The van der Waals surface area contributed by atoms with E-state index in [-0.39, 0.29) is 18.4 Å². The smallest absolute Gasteiger partial charge is 0.407 e. The fraction of sp³-hybridized carbons (Fsp3) is 0.360. The quantitative estimate of drug-likeness (QED) is 0.340. The summed E-state index contributed by atoms with van der Waals surface area (Å²) >= 11 is 0. The van der Waals surface area contributed by atoms with Crippen LogP contribution in [0.3, 0.4) is 0 Å². The lowest BCUT2D eigenvalue weighted by molar-refractivity contribution is -0.146. The molecule has 2 aromatic carbocycles. The molecule has 2 atom stereocenters. The Morgan fingerprint density at radius 2 is 1.51 bits per heavy atom. The van der Waals surface area contributed by atoms with Gasteiger partial charge in [0.15, 0.2) is 6.10 Å². The second-order valence-electron chi connectivity index (χ2n) is 8.57. The van der Waals surface area contributed by atoms with Crippen molar-refractivity contribution in [1.82, 2.24) is 16.0 Å². The number of carboxylic acid groups (broad SMARTS) is 1. The standard InChI is InChI=1S/C25H29N3O7/c1-14(2)22(23(31)27-12-21(30)26-11-20(29)24(32)33)28-25(34)35-13-19-17-9-5-3-7-15(17)16-8-4-6-10-18(16)19/h3-10,14,19-20,22,29H,11-13H2,1-2H3,(H,26,30)(H,27,31)(H,28,34)(H,32,33)/t20?,22-/m0/s1. The number of aliphatic hydroxyl groups is 1. The van der Waals surface area contributed by atoms with Crippen LogP contribution in [0.1, 0.15) is 30.9 Å². The molecule has 1 aliphatic rings. The Hall–Kier alpha value is -3.92. The molecule has 1 aliphatic carbocycles. The average molecular weight is 484 g/mol. The van der Waals surface area contributed by atoms with Gasteiger partial charge < -0.3 is 30.9 Å². The van der Waals surface area contributed by atoms with Crippen LogP contribution in [0.5, 0.6) is 0 Å². The highest BCUT2D eigenvalue weighted by molar-refractivity contribution is 5.89. The molecule has 10 nitrogen and oxygen atoms in total. The first-order valence-electron chi connectivity index (χ1n) is 11.3. The van der Waals surface area contributed by atoms with E-state index in [1.807, 2.05) is 48.5 Å². The number of amides is 3. The van der Waals surface area contributed by atoms with Gasteiger partial charge >= 0.3 is 12.1 Å². The summed E-state index contributed by atoms with van der Waals surface area (Å²) in [6.07, 6.45) is -2.50. The van der Waals surface area contributed by atoms with Crippen LogP contribution in [-0.4, -0.2) is 65.9 Å². The molecule has 0 spiro atoms. The molecule has 0 bridgehead atoms. The summed E-state index contributed by atoms with van der Waals surface area (Å²) in [5, 5.41) is 25.0. The zero-order valence-corrected chi connectivity index (χ0v) is 19.5. The molecule has 35 heavy (non-hydrogen) atoms. The molecule has 0 saturated heterocycles. The maximum Gasteiger partial charge on any atom is 0.407 e. The highest BCUT2D eigenvalue weighted by Crippen LogP contribution is 2.44. The second kappa shape index (κ2) is 11.5. The van der Waals surface area contributed by atoms with Gasteiger partial charge in [-0.15, -0.1) is 0 Å². The van der Waals surface area contributed by atoms with Crippen molar-refractivity contribution in [1.29, 1.82) is 0 Å². The number of ether oxygens (including phenoxy) is 1.